The van der Waals surface area contributed by atoms with Crippen LogP contribution in [0.3, 0.4) is 0 Å². The van der Waals surface area contributed by atoms with E-state index in [4.69, 9.17) is 4.42 Å². The van der Waals surface area contributed by atoms with Gasteiger partial charge in [0.2, 0.25) is 11.8 Å². The molecule has 0 spiro atoms. The van der Waals surface area contributed by atoms with E-state index in [0.29, 0.717) is 18.3 Å². The van der Waals surface area contributed by atoms with Crippen LogP contribution in [0.2, 0.25) is 0 Å². The van der Waals surface area contributed by atoms with Gasteiger partial charge in [-0.1, -0.05) is 54.6 Å². The third-order valence-electron chi connectivity index (χ3n) is 5.47. The zero-order valence-electron chi connectivity index (χ0n) is 18.5. The Labute approximate surface area is 192 Å². The number of carbonyl (C=O) groups is 1. The molecule has 3 aromatic carbocycles. The Kier molecular flexibility index (Phi) is 6.92. The molecule has 1 heterocycles. The molecule has 0 saturated carbocycles. The molecule has 0 aliphatic heterocycles. The first-order valence-electron chi connectivity index (χ1n) is 10.6. The normalized spacial score (nSPS) is 11.8. The summed E-state index contributed by atoms with van der Waals surface area (Å²) in [4.78, 5) is 11.7. The van der Waals surface area contributed by atoms with Crippen LogP contribution in [0, 0.1) is 6.92 Å². The van der Waals surface area contributed by atoms with E-state index in [0.717, 1.165) is 33.4 Å². The van der Waals surface area contributed by atoms with Gasteiger partial charge in [-0.3, -0.25) is 10.1 Å². The van der Waals surface area contributed by atoms with Crippen LogP contribution < -0.4 is 5.32 Å². The molecule has 1 aromatic heterocycles. The van der Waals surface area contributed by atoms with Crippen molar-refractivity contribution in [3.63, 3.8) is 0 Å². The molecule has 1 unspecified atom stereocenters. The minimum atomic E-state index is -0.784. The SMILES string of the molecule is COC(=O)C(CO)NCc1cccc(-c2nnc(-c3cccc(-c4ccccc4)c3C)o2)c1. The second-order valence-corrected chi connectivity index (χ2v) is 7.60. The highest BCUT2D eigenvalue weighted by Gasteiger charge is 2.18. The Bertz CT molecular complexity index is 1240. The fraction of sp³-hybridized carbons (Fsp3) is 0.192. The van der Waals surface area contributed by atoms with Crippen LogP contribution in [-0.2, 0) is 16.1 Å². The number of aliphatic hydroxyl groups is 1. The van der Waals surface area contributed by atoms with E-state index in [9.17, 15) is 9.90 Å². The molecule has 7 heteroatoms. The van der Waals surface area contributed by atoms with Gasteiger partial charge in [0.15, 0.2) is 0 Å². The molecular weight excluding hydrogens is 418 g/mol. The number of nitrogens with one attached hydrogen (secondary N) is 1. The molecule has 0 fully saturated rings. The van der Waals surface area contributed by atoms with Crippen molar-refractivity contribution in [2.45, 2.75) is 19.5 Å². The van der Waals surface area contributed by atoms with E-state index in [-0.39, 0.29) is 6.61 Å². The summed E-state index contributed by atoms with van der Waals surface area (Å²) < 4.78 is 10.7. The summed E-state index contributed by atoms with van der Waals surface area (Å²) in [6.45, 7) is 2.07. The van der Waals surface area contributed by atoms with Crippen LogP contribution in [0.4, 0.5) is 0 Å². The van der Waals surface area contributed by atoms with Crippen molar-refractivity contribution in [3.8, 4) is 34.0 Å². The lowest BCUT2D eigenvalue weighted by Crippen LogP contribution is -2.40. The van der Waals surface area contributed by atoms with Gasteiger partial charge in [0, 0.05) is 17.7 Å². The molecule has 2 N–H and O–H groups in total. The zero-order chi connectivity index (χ0) is 23.2. The molecule has 0 saturated heterocycles. The van der Waals surface area contributed by atoms with Gasteiger partial charge in [0.05, 0.1) is 13.7 Å². The number of hydrogen-bond donors (Lipinski definition) is 2. The second-order valence-electron chi connectivity index (χ2n) is 7.60. The van der Waals surface area contributed by atoms with E-state index in [1.165, 1.54) is 7.11 Å². The van der Waals surface area contributed by atoms with Gasteiger partial charge in [0.25, 0.3) is 0 Å². The highest BCUT2D eigenvalue weighted by Crippen LogP contribution is 2.32. The number of aromatic nitrogens is 2. The maximum absolute atomic E-state index is 11.7. The molecule has 0 aliphatic carbocycles. The Morgan fingerprint density at radius 1 is 0.970 bits per heavy atom. The van der Waals surface area contributed by atoms with Crippen molar-refractivity contribution < 1.29 is 19.1 Å². The summed E-state index contributed by atoms with van der Waals surface area (Å²) in [5.41, 5.74) is 5.86. The average molecular weight is 444 g/mol. The summed E-state index contributed by atoms with van der Waals surface area (Å²) >= 11 is 0. The fourth-order valence-corrected chi connectivity index (χ4v) is 3.67. The van der Waals surface area contributed by atoms with Crippen molar-refractivity contribution >= 4 is 5.97 Å². The zero-order valence-corrected chi connectivity index (χ0v) is 18.5. The van der Waals surface area contributed by atoms with Crippen LogP contribution in [-0.4, -0.2) is 41.0 Å². The van der Waals surface area contributed by atoms with E-state index in [1.54, 1.807) is 0 Å². The van der Waals surface area contributed by atoms with Crippen molar-refractivity contribution in [1.82, 2.24) is 15.5 Å². The highest BCUT2D eigenvalue weighted by atomic mass is 16.5. The molecule has 1 atom stereocenters. The van der Waals surface area contributed by atoms with Crippen molar-refractivity contribution in [3.05, 3.63) is 83.9 Å². The molecule has 0 aliphatic rings. The van der Waals surface area contributed by atoms with Crippen LogP contribution in [0.5, 0.6) is 0 Å². The van der Waals surface area contributed by atoms with Crippen molar-refractivity contribution in [1.29, 1.82) is 0 Å². The lowest BCUT2D eigenvalue weighted by Gasteiger charge is -2.13. The predicted octanol–water partition coefficient (Wildman–Crippen LogP) is 4.00. The lowest BCUT2D eigenvalue weighted by atomic mass is 9.96. The van der Waals surface area contributed by atoms with E-state index >= 15 is 0 Å². The summed E-state index contributed by atoms with van der Waals surface area (Å²) in [5, 5.41) is 20.9. The summed E-state index contributed by atoms with van der Waals surface area (Å²) in [6.07, 6.45) is 0. The number of ether oxygens (including phenoxy) is 1. The number of hydrogen-bond acceptors (Lipinski definition) is 7. The Balaban J connectivity index is 1.56. The number of esters is 1. The predicted molar refractivity (Wildman–Crippen MR) is 125 cm³/mol. The number of aliphatic hydroxyl groups excluding tert-OH is 1. The van der Waals surface area contributed by atoms with Gasteiger partial charge in [-0.15, -0.1) is 10.2 Å². The fourth-order valence-electron chi connectivity index (χ4n) is 3.67. The van der Waals surface area contributed by atoms with Gasteiger partial charge in [-0.05, 0) is 47.4 Å². The molecule has 0 bridgehead atoms. The lowest BCUT2D eigenvalue weighted by molar-refractivity contribution is -0.144. The highest BCUT2D eigenvalue weighted by molar-refractivity contribution is 5.76. The molecule has 0 amide bonds. The van der Waals surface area contributed by atoms with Gasteiger partial charge in [0.1, 0.15) is 6.04 Å². The van der Waals surface area contributed by atoms with E-state index in [1.807, 2.05) is 61.5 Å². The first kappa shape index (κ1) is 22.4. The molecule has 168 valence electrons. The third kappa shape index (κ3) is 5.00. The number of nitrogens with zero attached hydrogens (tertiary/aromatic N) is 2. The second kappa shape index (κ2) is 10.2. The topological polar surface area (TPSA) is 97.5 Å². The Morgan fingerprint density at radius 2 is 1.67 bits per heavy atom. The molecule has 0 radical (unpaired) electrons. The van der Waals surface area contributed by atoms with E-state index in [2.05, 4.69) is 38.5 Å². The number of rotatable bonds is 8. The number of benzene rings is 3. The van der Waals surface area contributed by atoms with Crippen LogP contribution in [0.15, 0.2) is 77.2 Å². The maximum Gasteiger partial charge on any atom is 0.325 e. The van der Waals surface area contributed by atoms with Crippen molar-refractivity contribution in [2.75, 3.05) is 13.7 Å². The first-order valence-corrected chi connectivity index (χ1v) is 10.6. The summed E-state index contributed by atoms with van der Waals surface area (Å²) in [7, 11) is 1.29. The smallest absolute Gasteiger partial charge is 0.325 e. The Morgan fingerprint density at radius 3 is 2.42 bits per heavy atom. The van der Waals surface area contributed by atoms with Gasteiger partial charge < -0.3 is 14.3 Å². The Hall–Kier alpha value is -3.81. The standard InChI is InChI=1S/C26H25N3O4/c1-17-21(19-9-4-3-5-10-19)12-7-13-22(17)25-29-28-24(33-25)20-11-6-8-18(14-20)15-27-23(16-30)26(31)32-2/h3-14,23,27,30H,15-16H2,1-2H3. The molecule has 4 rings (SSSR count). The van der Waals surface area contributed by atoms with Crippen LogP contribution in [0.25, 0.3) is 34.0 Å². The third-order valence-corrected chi connectivity index (χ3v) is 5.47. The van der Waals surface area contributed by atoms with Crippen LogP contribution >= 0.6 is 0 Å². The number of carbonyl (C=O) groups excluding carboxylic acids is 1. The quantitative estimate of drug-likeness (QED) is 0.397. The molecule has 7 nitrogen and oxygen atoms in total. The average Bonchev–Trinajstić information content (AvgIpc) is 3.35. The molecule has 4 aromatic rings. The van der Waals surface area contributed by atoms with Gasteiger partial charge >= 0.3 is 5.97 Å². The number of methoxy groups -OCH3 is 1. The monoisotopic (exact) mass is 443 g/mol. The summed E-state index contributed by atoms with van der Waals surface area (Å²) in [6, 6.07) is 23.0. The minimum Gasteiger partial charge on any atom is -0.468 e. The van der Waals surface area contributed by atoms with E-state index < -0.39 is 12.0 Å². The minimum absolute atomic E-state index is 0.346. The molecular formula is C26H25N3O4. The van der Waals surface area contributed by atoms with Crippen LogP contribution in [0.1, 0.15) is 11.1 Å². The molecule has 33 heavy (non-hydrogen) atoms. The summed E-state index contributed by atoms with van der Waals surface area (Å²) in [5.74, 6) is 0.348. The largest absolute Gasteiger partial charge is 0.468 e. The maximum atomic E-state index is 11.7. The van der Waals surface area contributed by atoms with Gasteiger partial charge in [-0.2, -0.15) is 0 Å². The van der Waals surface area contributed by atoms with Crippen molar-refractivity contribution in [2.24, 2.45) is 0 Å². The first-order chi connectivity index (χ1) is 16.1. The van der Waals surface area contributed by atoms with Gasteiger partial charge in [-0.25, -0.2) is 0 Å².